The Bertz CT molecular complexity index is 1520. The summed E-state index contributed by atoms with van der Waals surface area (Å²) in [4.78, 5) is 28.2. The number of aryl methyl sites for hydroxylation is 2. The van der Waals surface area contributed by atoms with E-state index in [0.717, 1.165) is 36.0 Å². The number of hydrogen-bond acceptors (Lipinski definition) is 5. The fraction of sp³-hybridized carbons (Fsp3) is 0.308. The van der Waals surface area contributed by atoms with Gasteiger partial charge in [-0.15, -0.1) is 0 Å². The zero-order valence-corrected chi connectivity index (χ0v) is 19.2. The molecule has 3 heterocycles. The highest BCUT2D eigenvalue weighted by atomic mass is 16.5. The molecule has 168 valence electrons. The van der Waals surface area contributed by atoms with E-state index in [-0.39, 0.29) is 5.56 Å². The number of para-hydroxylation sites is 2. The normalized spacial score (nSPS) is 11.7. The highest BCUT2D eigenvalue weighted by Crippen LogP contribution is 2.29. The molecule has 33 heavy (non-hydrogen) atoms. The first-order valence-electron chi connectivity index (χ1n) is 11.4. The maximum atomic E-state index is 13.6. The van der Waals surface area contributed by atoms with Gasteiger partial charge >= 0.3 is 0 Å². The predicted octanol–water partition coefficient (Wildman–Crippen LogP) is 4.58. The Balaban J connectivity index is 1.83. The quantitative estimate of drug-likeness (QED) is 0.370. The van der Waals surface area contributed by atoms with E-state index < -0.39 is 0 Å². The Morgan fingerprint density at radius 3 is 2.36 bits per heavy atom. The van der Waals surface area contributed by atoms with Crippen molar-refractivity contribution in [3.8, 4) is 5.69 Å². The van der Waals surface area contributed by atoms with Crippen molar-refractivity contribution in [2.24, 2.45) is 0 Å². The Hall–Kier alpha value is -3.58. The number of methoxy groups -OCH3 is 1. The second-order valence-electron chi connectivity index (χ2n) is 8.30. The lowest BCUT2D eigenvalue weighted by molar-refractivity contribution is 0.185. The first kappa shape index (κ1) is 21.3. The van der Waals surface area contributed by atoms with E-state index in [0.29, 0.717) is 41.2 Å². The van der Waals surface area contributed by atoms with Crippen LogP contribution in [0, 0.1) is 6.92 Å². The lowest BCUT2D eigenvalue weighted by Gasteiger charge is -2.11. The Kier molecular flexibility index (Phi) is 5.64. The number of hydrogen-bond donors (Lipinski definition) is 0. The molecule has 0 fully saturated rings. The van der Waals surface area contributed by atoms with E-state index in [1.54, 1.807) is 11.7 Å². The summed E-state index contributed by atoms with van der Waals surface area (Å²) >= 11 is 0. The fourth-order valence-corrected chi connectivity index (χ4v) is 4.31. The van der Waals surface area contributed by atoms with Crippen molar-refractivity contribution in [3.63, 3.8) is 0 Å². The molecule has 0 radical (unpaired) electrons. The summed E-state index contributed by atoms with van der Waals surface area (Å²) in [7, 11) is 1.62. The van der Waals surface area contributed by atoms with Crippen LogP contribution in [0.4, 0.5) is 0 Å². The summed E-state index contributed by atoms with van der Waals surface area (Å²) < 4.78 is 8.82. The fourth-order valence-electron chi connectivity index (χ4n) is 4.31. The average Bonchev–Trinajstić information content (AvgIpc) is 3.14. The summed E-state index contributed by atoms with van der Waals surface area (Å²) in [6, 6.07) is 16.2. The molecule has 0 aliphatic heterocycles. The summed E-state index contributed by atoms with van der Waals surface area (Å²) in [5.41, 5.74) is 5.42. The average molecular weight is 442 g/mol. The van der Waals surface area contributed by atoms with Crippen molar-refractivity contribution in [1.29, 1.82) is 0 Å². The zero-order valence-electron chi connectivity index (χ0n) is 19.2. The van der Waals surface area contributed by atoms with Gasteiger partial charge in [0.05, 0.1) is 24.2 Å². The van der Waals surface area contributed by atoms with Crippen LogP contribution >= 0.6 is 0 Å². The van der Waals surface area contributed by atoms with E-state index in [1.807, 2.05) is 35.8 Å². The minimum absolute atomic E-state index is 0.123. The van der Waals surface area contributed by atoms with Gasteiger partial charge in [0.2, 0.25) is 0 Å². The molecule has 0 aliphatic rings. The van der Waals surface area contributed by atoms with Gasteiger partial charge in [0.15, 0.2) is 11.3 Å². The maximum Gasteiger partial charge on any atom is 0.265 e. The van der Waals surface area contributed by atoms with Crippen molar-refractivity contribution in [3.05, 3.63) is 70.3 Å². The predicted molar refractivity (Wildman–Crippen MR) is 131 cm³/mol. The van der Waals surface area contributed by atoms with Crippen LogP contribution in [-0.2, 0) is 17.7 Å². The van der Waals surface area contributed by atoms with E-state index >= 15 is 0 Å². The molecule has 0 atom stereocenters. The Morgan fingerprint density at radius 1 is 0.939 bits per heavy atom. The zero-order chi connectivity index (χ0) is 22.9. The number of rotatable bonds is 7. The number of fused-ring (bicyclic) bond motifs is 4. The van der Waals surface area contributed by atoms with Crippen molar-refractivity contribution >= 4 is 33.2 Å². The molecule has 0 bridgehead atoms. The molecule has 0 N–H and O–H groups in total. The third-order valence-electron chi connectivity index (χ3n) is 6.09. The monoisotopic (exact) mass is 441 g/mol. The molecule has 2 aromatic carbocycles. The Morgan fingerprint density at radius 2 is 1.67 bits per heavy atom. The molecule has 0 saturated carbocycles. The van der Waals surface area contributed by atoms with Gasteiger partial charge in [0, 0.05) is 12.8 Å². The van der Waals surface area contributed by atoms with Crippen molar-refractivity contribution in [2.45, 2.75) is 39.7 Å². The lowest BCUT2D eigenvalue weighted by atomic mass is 10.1. The molecule has 5 rings (SSSR count). The first-order valence-corrected chi connectivity index (χ1v) is 11.4. The number of benzene rings is 2. The van der Waals surface area contributed by atoms with Gasteiger partial charge in [-0.25, -0.2) is 15.0 Å². The van der Waals surface area contributed by atoms with Crippen LogP contribution in [0.25, 0.3) is 38.9 Å². The van der Waals surface area contributed by atoms with Gasteiger partial charge in [0.1, 0.15) is 16.7 Å². The molecule has 3 aromatic heterocycles. The van der Waals surface area contributed by atoms with Gasteiger partial charge in [-0.2, -0.15) is 0 Å². The van der Waals surface area contributed by atoms with Crippen LogP contribution in [0.2, 0.25) is 0 Å². The number of ether oxygens (including phenoxy) is 1. The SMILES string of the molecule is CCCCc1ccc(-n2c3nc4ccccc4nc3c3c(=O)n(CCOC)c(C)nc32)cc1. The minimum atomic E-state index is -0.123. The number of unbranched alkanes of at least 4 members (excludes halogenated alkanes) is 1. The highest BCUT2D eigenvalue weighted by Gasteiger charge is 2.22. The molecule has 0 amide bonds. The van der Waals surface area contributed by atoms with Gasteiger partial charge in [0.25, 0.3) is 5.56 Å². The molecule has 5 aromatic rings. The maximum absolute atomic E-state index is 13.6. The molecule has 0 spiro atoms. The van der Waals surface area contributed by atoms with Crippen LogP contribution < -0.4 is 5.56 Å². The van der Waals surface area contributed by atoms with Gasteiger partial charge in [-0.3, -0.25) is 13.9 Å². The second kappa shape index (κ2) is 8.75. The van der Waals surface area contributed by atoms with Crippen LogP contribution in [-0.4, -0.2) is 37.8 Å². The van der Waals surface area contributed by atoms with Crippen molar-refractivity contribution < 1.29 is 4.74 Å². The molecule has 7 heteroatoms. The molecular weight excluding hydrogens is 414 g/mol. The van der Waals surface area contributed by atoms with E-state index in [4.69, 9.17) is 19.7 Å². The largest absolute Gasteiger partial charge is 0.383 e. The first-order chi connectivity index (χ1) is 16.1. The van der Waals surface area contributed by atoms with Gasteiger partial charge in [-0.1, -0.05) is 37.6 Å². The number of nitrogens with zero attached hydrogens (tertiary/aromatic N) is 5. The summed E-state index contributed by atoms with van der Waals surface area (Å²) in [6.45, 7) is 4.91. The molecule has 0 aliphatic carbocycles. The minimum Gasteiger partial charge on any atom is -0.383 e. The van der Waals surface area contributed by atoms with Gasteiger partial charge in [-0.05, 0) is 49.6 Å². The van der Waals surface area contributed by atoms with Crippen LogP contribution in [0.1, 0.15) is 31.2 Å². The van der Waals surface area contributed by atoms with E-state index in [1.165, 1.54) is 5.56 Å². The number of aromatic nitrogens is 5. The van der Waals surface area contributed by atoms with Crippen molar-refractivity contribution in [2.75, 3.05) is 13.7 Å². The Labute approximate surface area is 191 Å². The molecule has 0 unspecified atom stereocenters. The summed E-state index contributed by atoms with van der Waals surface area (Å²) in [6.07, 6.45) is 3.37. The van der Waals surface area contributed by atoms with E-state index in [2.05, 4.69) is 31.2 Å². The molecule has 0 saturated heterocycles. The third-order valence-corrected chi connectivity index (χ3v) is 6.09. The highest BCUT2D eigenvalue weighted by molar-refractivity contribution is 6.05. The van der Waals surface area contributed by atoms with Crippen LogP contribution in [0.15, 0.2) is 53.3 Å². The lowest BCUT2D eigenvalue weighted by Crippen LogP contribution is -2.25. The van der Waals surface area contributed by atoms with Crippen LogP contribution in [0.5, 0.6) is 0 Å². The van der Waals surface area contributed by atoms with Gasteiger partial charge < -0.3 is 4.74 Å². The van der Waals surface area contributed by atoms with Crippen LogP contribution in [0.3, 0.4) is 0 Å². The molecular formula is C26H27N5O2. The second-order valence-corrected chi connectivity index (χ2v) is 8.30. The standard InChI is InChI=1S/C26H27N5O2/c1-4-5-8-18-11-13-19(14-12-18)31-24-22(26(32)30(15-16-33-3)17(2)27-24)23-25(31)29-21-10-7-6-9-20(21)28-23/h6-7,9-14H,4-5,8,15-16H2,1-3H3. The third kappa shape index (κ3) is 3.68. The van der Waals surface area contributed by atoms with E-state index in [9.17, 15) is 4.79 Å². The summed E-state index contributed by atoms with van der Waals surface area (Å²) in [5, 5.41) is 0.486. The molecule has 7 nitrogen and oxygen atoms in total. The smallest absolute Gasteiger partial charge is 0.265 e. The summed E-state index contributed by atoms with van der Waals surface area (Å²) in [5.74, 6) is 0.637. The topological polar surface area (TPSA) is 74.8 Å². The van der Waals surface area contributed by atoms with Crippen molar-refractivity contribution in [1.82, 2.24) is 24.1 Å².